The number of esters is 1. The first-order valence-electron chi connectivity index (χ1n) is 6.68. The lowest BCUT2D eigenvalue weighted by atomic mass is 9.93. The maximum atomic E-state index is 12.0. The molecule has 3 unspecified atom stereocenters. The summed E-state index contributed by atoms with van der Waals surface area (Å²) in [5.41, 5.74) is 0. The number of carbonyl (C=O) groups excluding carboxylic acids is 2. The van der Waals surface area contributed by atoms with Crippen LogP contribution in [0.3, 0.4) is 0 Å². The zero-order chi connectivity index (χ0) is 11.8. The van der Waals surface area contributed by atoms with Crippen LogP contribution in [0.1, 0.15) is 38.5 Å². The van der Waals surface area contributed by atoms with E-state index in [1.807, 2.05) is 12.2 Å². The van der Waals surface area contributed by atoms with Gasteiger partial charge in [0.1, 0.15) is 11.9 Å². The summed E-state index contributed by atoms with van der Waals surface area (Å²) < 4.78 is 5.55. The second kappa shape index (κ2) is 4.28. The molecular weight excluding hydrogens is 216 g/mol. The summed E-state index contributed by atoms with van der Waals surface area (Å²) in [5.74, 6) is -0.308. The molecule has 3 aliphatic carbocycles. The van der Waals surface area contributed by atoms with Crippen LogP contribution < -0.4 is 0 Å². The minimum absolute atomic E-state index is 0.0103. The van der Waals surface area contributed by atoms with Crippen LogP contribution in [-0.4, -0.2) is 17.9 Å². The second-order valence-corrected chi connectivity index (χ2v) is 5.46. The molecular formula is C14H18O3. The van der Waals surface area contributed by atoms with E-state index < -0.39 is 0 Å². The summed E-state index contributed by atoms with van der Waals surface area (Å²) in [6.07, 6.45) is 10.2. The van der Waals surface area contributed by atoms with Gasteiger partial charge in [0.05, 0.1) is 5.92 Å². The Morgan fingerprint density at radius 2 is 1.94 bits per heavy atom. The molecule has 3 atom stereocenters. The van der Waals surface area contributed by atoms with Crippen molar-refractivity contribution in [2.24, 2.45) is 17.8 Å². The van der Waals surface area contributed by atoms with Gasteiger partial charge in [-0.3, -0.25) is 9.59 Å². The Labute approximate surface area is 101 Å². The van der Waals surface area contributed by atoms with Crippen molar-refractivity contribution in [1.82, 2.24) is 0 Å². The van der Waals surface area contributed by atoms with Crippen LogP contribution in [0.25, 0.3) is 0 Å². The minimum atomic E-state index is -0.195. The molecule has 0 aliphatic heterocycles. The molecule has 2 saturated carbocycles. The monoisotopic (exact) mass is 234 g/mol. The molecule has 0 heterocycles. The van der Waals surface area contributed by atoms with Gasteiger partial charge in [-0.25, -0.2) is 0 Å². The van der Waals surface area contributed by atoms with E-state index in [0.717, 1.165) is 25.7 Å². The largest absolute Gasteiger partial charge is 0.462 e. The molecule has 3 heteroatoms. The Bertz CT molecular complexity index is 366. The van der Waals surface area contributed by atoms with Gasteiger partial charge >= 0.3 is 5.97 Å². The summed E-state index contributed by atoms with van der Waals surface area (Å²) in [6, 6.07) is 0. The van der Waals surface area contributed by atoms with Crippen LogP contribution in [0.2, 0.25) is 0 Å². The van der Waals surface area contributed by atoms with Crippen LogP contribution in [-0.2, 0) is 14.3 Å². The van der Waals surface area contributed by atoms with Crippen molar-refractivity contribution >= 4 is 11.8 Å². The minimum Gasteiger partial charge on any atom is -0.462 e. The van der Waals surface area contributed by atoms with E-state index in [1.54, 1.807) is 0 Å². The van der Waals surface area contributed by atoms with Gasteiger partial charge in [-0.15, -0.1) is 0 Å². The predicted octanol–water partition coefficient (Wildman–Crippen LogP) is 2.25. The first kappa shape index (κ1) is 11.0. The number of hydrogen-bond donors (Lipinski definition) is 0. The zero-order valence-electron chi connectivity index (χ0n) is 9.93. The van der Waals surface area contributed by atoms with E-state index in [9.17, 15) is 9.59 Å². The Morgan fingerprint density at radius 1 is 1.18 bits per heavy atom. The highest BCUT2D eigenvalue weighted by molar-refractivity contribution is 5.96. The highest BCUT2D eigenvalue weighted by atomic mass is 16.5. The van der Waals surface area contributed by atoms with E-state index in [0.29, 0.717) is 6.42 Å². The molecule has 3 aliphatic rings. The summed E-state index contributed by atoms with van der Waals surface area (Å²) in [7, 11) is 0. The first-order chi connectivity index (χ1) is 8.25. The molecule has 0 aromatic carbocycles. The van der Waals surface area contributed by atoms with Crippen molar-refractivity contribution < 1.29 is 14.3 Å². The number of ether oxygens (including phenoxy) is 1. The molecule has 3 rings (SSSR count). The number of carbonyl (C=O) groups is 2. The van der Waals surface area contributed by atoms with Gasteiger partial charge in [-0.05, 0) is 32.1 Å². The quantitative estimate of drug-likeness (QED) is 0.543. The SMILES string of the molecule is O=C1C2C=CC1C(C(=O)OC1CCCCC1)C2. The molecule has 2 fully saturated rings. The Kier molecular flexibility index (Phi) is 2.77. The van der Waals surface area contributed by atoms with Gasteiger partial charge in [0, 0.05) is 11.8 Å². The summed E-state index contributed by atoms with van der Waals surface area (Å²) >= 11 is 0. The van der Waals surface area contributed by atoms with Crippen LogP contribution in [0, 0.1) is 17.8 Å². The number of allylic oxidation sites excluding steroid dienone is 2. The van der Waals surface area contributed by atoms with E-state index in [-0.39, 0.29) is 35.6 Å². The summed E-state index contributed by atoms with van der Waals surface area (Å²) in [6.45, 7) is 0. The lowest BCUT2D eigenvalue weighted by Crippen LogP contribution is -2.28. The van der Waals surface area contributed by atoms with Crippen molar-refractivity contribution in [2.75, 3.05) is 0 Å². The van der Waals surface area contributed by atoms with Gasteiger partial charge in [-0.1, -0.05) is 18.6 Å². The average Bonchev–Trinajstić information content (AvgIpc) is 2.86. The van der Waals surface area contributed by atoms with Crippen molar-refractivity contribution in [3.63, 3.8) is 0 Å². The van der Waals surface area contributed by atoms with E-state index in [4.69, 9.17) is 4.74 Å². The number of fused-ring (bicyclic) bond motifs is 2. The van der Waals surface area contributed by atoms with Gasteiger partial charge in [0.25, 0.3) is 0 Å². The third-order valence-electron chi connectivity index (χ3n) is 4.32. The molecule has 0 aromatic heterocycles. The molecule has 0 aromatic rings. The van der Waals surface area contributed by atoms with E-state index >= 15 is 0 Å². The van der Waals surface area contributed by atoms with Crippen molar-refractivity contribution in [3.05, 3.63) is 12.2 Å². The number of ketones is 1. The second-order valence-electron chi connectivity index (χ2n) is 5.46. The summed E-state index contributed by atoms with van der Waals surface area (Å²) in [5, 5.41) is 0. The molecule has 92 valence electrons. The molecule has 0 amide bonds. The van der Waals surface area contributed by atoms with Crippen LogP contribution in [0.15, 0.2) is 12.2 Å². The molecule has 0 N–H and O–H groups in total. The molecule has 0 saturated heterocycles. The van der Waals surface area contributed by atoms with Crippen LogP contribution in [0.4, 0.5) is 0 Å². The van der Waals surface area contributed by atoms with E-state index in [2.05, 4.69) is 0 Å². The molecule has 2 bridgehead atoms. The lowest BCUT2D eigenvalue weighted by molar-refractivity contribution is -0.157. The number of rotatable bonds is 2. The van der Waals surface area contributed by atoms with E-state index in [1.165, 1.54) is 6.42 Å². The Balaban J connectivity index is 1.60. The highest BCUT2D eigenvalue weighted by Gasteiger charge is 2.47. The molecule has 0 spiro atoms. The third-order valence-corrected chi connectivity index (χ3v) is 4.32. The Hall–Kier alpha value is -1.12. The fourth-order valence-corrected chi connectivity index (χ4v) is 3.32. The first-order valence-corrected chi connectivity index (χ1v) is 6.68. The standard InChI is InChI=1S/C14H18O3/c15-13-9-6-7-11(13)12(8-9)14(16)17-10-4-2-1-3-5-10/h6-7,9-12H,1-5,8H2. The Morgan fingerprint density at radius 3 is 2.53 bits per heavy atom. The summed E-state index contributed by atoms with van der Waals surface area (Å²) in [4.78, 5) is 23.7. The van der Waals surface area contributed by atoms with Crippen molar-refractivity contribution in [2.45, 2.75) is 44.6 Å². The maximum Gasteiger partial charge on any atom is 0.310 e. The predicted molar refractivity (Wildman–Crippen MR) is 62.2 cm³/mol. The van der Waals surface area contributed by atoms with Gasteiger partial charge in [-0.2, -0.15) is 0 Å². The van der Waals surface area contributed by atoms with Crippen LogP contribution >= 0.6 is 0 Å². The number of hydrogen-bond acceptors (Lipinski definition) is 3. The van der Waals surface area contributed by atoms with Gasteiger partial charge in [0.15, 0.2) is 0 Å². The molecule has 17 heavy (non-hydrogen) atoms. The van der Waals surface area contributed by atoms with Gasteiger partial charge < -0.3 is 4.74 Å². The van der Waals surface area contributed by atoms with Crippen LogP contribution in [0.5, 0.6) is 0 Å². The van der Waals surface area contributed by atoms with Gasteiger partial charge in [0.2, 0.25) is 0 Å². The topological polar surface area (TPSA) is 43.4 Å². The maximum absolute atomic E-state index is 12.0. The van der Waals surface area contributed by atoms with Crippen molar-refractivity contribution in [3.8, 4) is 0 Å². The fraction of sp³-hybridized carbons (Fsp3) is 0.714. The lowest BCUT2D eigenvalue weighted by Gasteiger charge is -2.24. The highest BCUT2D eigenvalue weighted by Crippen LogP contribution is 2.41. The smallest absolute Gasteiger partial charge is 0.310 e. The molecule has 0 radical (unpaired) electrons. The fourth-order valence-electron chi connectivity index (χ4n) is 3.32. The molecule has 3 nitrogen and oxygen atoms in total. The zero-order valence-corrected chi connectivity index (χ0v) is 9.93. The normalized spacial score (nSPS) is 36.5. The number of Topliss-reactive ketones (excluding diaryl/α,β-unsaturated/α-hetero) is 1. The third kappa shape index (κ3) is 1.92. The van der Waals surface area contributed by atoms with Crippen molar-refractivity contribution in [1.29, 1.82) is 0 Å². The average molecular weight is 234 g/mol.